The largest absolute Gasteiger partial charge is 0.349 e. The molecule has 0 saturated carbocycles. The Labute approximate surface area is 176 Å². The second-order valence-electron chi connectivity index (χ2n) is 7.53. The summed E-state index contributed by atoms with van der Waals surface area (Å²) in [6.45, 7) is 2.81. The Bertz CT molecular complexity index is 1310. The summed E-state index contributed by atoms with van der Waals surface area (Å²) in [6.07, 6.45) is 3.29. The molecule has 2 amide bonds. The van der Waals surface area contributed by atoms with Gasteiger partial charge in [0.05, 0.1) is 29.9 Å². The first-order chi connectivity index (χ1) is 15.0. The van der Waals surface area contributed by atoms with Gasteiger partial charge in [-0.25, -0.2) is 9.37 Å². The number of benzene rings is 1. The number of carbonyl (C=O) groups excluding carboxylic acids is 2. The second kappa shape index (κ2) is 7.35. The Kier molecular flexibility index (Phi) is 4.50. The van der Waals surface area contributed by atoms with Crippen LogP contribution in [0, 0.1) is 5.82 Å². The SMILES string of the molecule is C[C@@H]1CNC(=O)c2c(F)c3ccc(C(=O)Nc4cnn(Cc5ccccc5)c4)nc3n21. The fourth-order valence-corrected chi connectivity index (χ4v) is 3.80. The summed E-state index contributed by atoms with van der Waals surface area (Å²) in [5.74, 6) is -1.55. The molecule has 31 heavy (non-hydrogen) atoms. The highest BCUT2D eigenvalue weighted by Gasteiger charge is 2.31. The molecule has 1 aromatic carbocycles. The monoisotopic (exact) mass is 418 g/mol. The topological polar surface area (TPSA) is 93.8 Å². The number of hydrogen-bond acceptors (Lipinski definition) is 4. The normalized spacial score (nSPS) is 15.5. The molecule has 4 aromatic rings. The van der Waals surface area contributed by atoms with Gasteiger partial charge in [-0.1, -0.05) is 30.3 Å². The molecule has 0 bridgehead atoms. The van der Waals surface area contributed by atoms with Crippen LogP contribution in [0.2, 0.25) is 0 Å². The summed E-state index contributed by atoms with van der Waals surface area (Å²) < 4.78 is 18.0. The molecule has 0 spiro atoms. The lowest BCUT2D eigenvalue weighted by Gasteiger charge is -2.23. The number of pyridine rings is 1. The molecule has 8 nitrogen and oxygen atoms in total. The second-order valence-corrected chi connectivity index (χ2v) is 7.53. The molecule has 1 aliphatic rings. The summed E-state index contributed by atoms with van der Waals surface area (Å²) >= 11 is 0. The van der Waals surface area contributed by atoms with Gasteiger partial charge in [-0.2, -0.15) is 5.10 Å². The van der Waals surface area contributed by atoms with E-state index in [0.717, 1.165) is 5.56 Å². The molecule has 0 radical (unpaired) electrons. The van der Waals surface area contributed by atoms with E-state index in [1.807, 2.05) is 37.3 Å². The van der Waals surface area contributed by atoms with E-state index >= 15 is 0 Å². The first-order valence-corrected chi connectivity index (χ1v) is 9.87. The molecule has 0 unspecified atom stereocenters. The number of anilines is 1. The molecule has 1 atom stereocenters. The molecule has 4 heterocycles. The predicted molar refractivity (Wildman–Crippen MR) is 112 cm³/mol. The lowest BCUT2D eigenvalue weighted by Crippen LogP contribution is -2.38. The lowest BCUT2D eigenvalue weighted by molar-refractivity contribution is 0.0913. The Morgan fingerprint density at radius 3 is 2.87 bits per heavy atom. The number of hydrogen-bond donors (Lipinski definition) is 2. The van der Waals surface area contributed by atoms with Gasteiger partial charge in [0.15, 0.2) is 5.82 Å². The van der Waals surface area contributed by atoms with Crippen LogP contribution in [0.25, 0.3) is 11.0 Å². The minimum atomic E-state index is -0.624. The number of amides is 2. The van der Waals surface area contributed by atoms with Gasteiger partial charge >= 0.3 is 0 Å². The van der Waals surface area contributed by atoms with Crippen molar-refractivity contribution in [3.05, 3.63) is 77.6 Å². The van der Waals surface area contributed by atoms with Crippen LogP contribution < -0.4 is 10.6 Å². The standard InChI is InChI=1S/C22H19FN6O2/c1-13-9-24-22(31)19-18(23)16-7-8-17(27-20(16)29(13)19)21(30)26-15-10-25-28(12-15)11-14-5-3-2-4-6-14/h2-8,10,12-13H,9,11H2,1H3,(H,24,31)(H,26,30)/t13-/m1/s1. The molecule has 3 aromatic heterocycles. The van der Waals surface area contributed by atoms with Crippen LogP contribution in [0.3, 0.4) is 0 Å². The Morgan fingerprint density at radius 2 is 2.06 bits per heavy atom. The average Bonchev–Trinajstić information content (AvgIpc) is 3.33. The number of carbonyl (C=O) groups is 2. The van der Waals surface area contributed by atoms with Crippen LogP contribution in [0.15, 0.2) is 54.9 Å². The average molecular weight is 418 g/mol. The highest BCUT2D eigenvalue weighted by atomic mass is 19.1. The number of nitrogens with one attached hydrogen (secondary N) is 2. The molecule has 5 rings (SSSR count). The van der Waals surface area contributed by atoms with Crippen LogP contribution in [-0.4, -0.2) is 37.7 Å². The lowest BCUT2D eigenvalue weighted by atomic mass is 10.2. The summed E-state index contributed by atoms with van der Waals surface area (Å²) in [4.78, 5) is 29.2. The van der Waals surface area contributed by atoms with Gasteiger partial charge in [0, 0.05) is 12.7 Å². The highest BCUT2D eigenvalue weighted by molar-refractivity contribution is 6.05. The van der Waals surface area contributed by atoms with Crippen LogP contribution in [-0.2, 0) is 6.54 Å². The zero-order valence-corrected chi connectivity index (χ0v) is 16.7. The van der Waals surface area contributed by atoms with Crippen molar-refractivity contribution in [2.75, 3.05) is 11.9 Å². The number of rotatable bonds is 4. The zero-order valence-electron chi connectivity index (χ0n) is 16.7. The van der Waals surface area contributed by atoms with E-state index < -0.39 is 17.6 Å². The van der Waals surface area contributed by atoms with E-state index in [1.165, 1.54) is 12.1 Å². The van der Waals surface area contributed by atoms with E-state index in [4.69, 9.17) is 0 Å². The highest BCUT2D eigenvalue weighted by Crippen LogP contribution is 2.29. The van der Waals surface area contributed by atoms with Crippen molar-refractivity contribution in [2.45, 2.75) is 19.5 Å². The van der Waals surface area contributed by atoms with Crippen molar-refractivity contribution in [1.29, 1.82) is 0 Å². The summed E-state index contributed by atoms with van der Waals surface area (Å²) in [7, 11) is 0. The molecular formula is C22H19FN6O2. The number of fused-ring (bicyclic) bond motifs is 3. The molecule has 2 N–H and O–H groups in total. The molecule has 9 heteroatoms. The minimum absolute atomic E-state index is 0.0546. The van der Waals surface area contributed by atoms with E-state index in [1.54, 1.807) is 21.6 Å². The van der Waals surface area contributed by atoms with Crippen LogP contribution in [0.5, 0.6) is 0 Å². The minimum Gasteiger partial charge on any atom is -0.349 e. The Hall–Kier alpha value is -4.01. The number of aromatic nitrogens is 4. The molecule has 0 aliphatic carbocycles. The maximum atomic E-state index is 14.8. The number of nitrogens with zero attached hydrogens (tertiary/aromatic N) is 4. The van der Waals surface area contributed by atoms with Gasteiger partial charge in [-0.3, -0.25) is 14.3 Å². The smallest absolute Gasteiger partial charge is 0.274 e. The van der Waals surface area contributed by atoms with E-state index in [-0.39, 0.29) is 28.5 Å². The summed E-state index contributed by atoms with van der Waals surface area (Å²) in [5, 5.41) is 9.92. The van der Waals surface area contributed by atoms with Gasteiger partial charge < -0.3 is 15.2 Å². The van der Waals surface area contributed by atoms with Crippen molar-refractivity contribution in [3.8, 4) is 0 Å². The van der Waals surface area contributed by atoms with Crippen LogP contribution in [0.4, 0.5) is 10.1 Å². The van der Waals surface area contributed by atoms with Crippen molar-refractivity contribution < 1.29 is 14.0 Å². The molecule has 0 fully saturated rings. The Morgan fingerprint density at radius 1 is 1.26 bits per heavy atom. The van der Waals surface area contributed by atoms with E-state index in [0.29, 0.717) is 18.8 Å². The predicted octanol–water partition coefficient (Wildman–Crippen LogP) is 2.98. The quantitative estimate of drug-likeness (QED) is 0.533. The fourth-order valence-electron chi connectivity index (χ4n) is 3.80. The third-order valence-corrected chi connectivity index (χ3v) is 5.31. The summed E-state index contributed by atoms with van der Waals surface area (Å²) in [5.41, 5.74) is 1.97. The number of halogens is 1. The fraction of sp³-hybridized carbons (Fsp3) is 0.182. The molecule has 0 saturated heterocycles. The van der Waals surface area contributed by atoms with Crippen molar-refractivity contribution >= 4 is 28.5 Å². The molecule has 156 valence electrons. The van der Waals surface area contributed by atoms with Gasteiger partial charge in [-0.05, 0) is 24.6 Å². The maximum absolute atomic E-state index is 14.8. The van der Waals surface area contributed by atoms with Gasteiger partial charge in [0.25, 0.3) is 11.8 Å². The van der Waals surface area contributed by atoms with Crippen molar-refractivity contribution in [1.82, 2.24) is 24.6 Å². The first kappa shape index (κ1) is 19.0. The van der Waals surface area contributed by atoms with Gasteiger partial charge in [-0.15, -0.1) is 0 Å². The molecule has 1 aliphatic heterocycles. The zero-order chi connectivity index (χ0) is 21.5. The third kappa shape index (κ3) is 3.33. The van der Waals surface area contributed by atoms with E-state index in [9.17, 15) is 14.0 Å². The third-order valence-electron chi connectivity index (χ3n) is 5.31. The van der Waals surface area contributed by atoms with Crippen molar-refractivity contribution in [3.63, 3.8) is 0 Å². The van der Waals surface area contributed by atoms with Gasteiger partial charge in [0.1, 0.15) is 17.0 Å². The first-order valence-electron chi connectivity index (χ1n) is 9.87. The van der Waals surface area contributed by atoms with Gasteiger partial charge in [0.2, 0.25) is 0 Å². The Balaban J connectivity index is 1.41. The van der Waals surface area contributed by atoms with Crippen molar-refractivity contribution in [2.24, 2.45) is 0 Å². The van der Waals surface area contributed by atoms with E-state index in [2.05, 4.69) is 20.7 Å². The molecular weight excluding hydrogens is 399 g/mol. The van der Waals surface area contributed by atoms with Crippen LogP contribution >= 0.6 is 0 Å². The maximum Gasteiger partial charge on any atom is 0.274 e. The van der Waals surface area contributed by atoms with Crippen LogP contribution in [0.1, 0.15) is 39.5 Å². The summed E-state index contributed by atoms with van der Waals surface area (Å²) in [6, 6.07) is 12.6.